The third-order valence-electron chi connectivity index (χ3n) is 2.32. The minimum absolute atomic E-state index is 0.101. The Morgan fingerprint density at radius 1 is 1.22 bits per heavy atom. The Bertz CT molecular complexity index is 622. The van der Waals surface area contributed by atoms with E-state index < -0.39 is 5.82 Å². The molecule has 5 heteroatoms. The van der Waals surface area contributed by atoms with Crippen LogP contribution in [0.4, 0.5) is 10.1 Å². The Balaban J connectivity index is 2.06. The fraction of sp³-hybridized carbons (Fsp3) is 0.0769. The highest BCUT2D eigenvalue weighted by Gasteiger charge is 2.04. The van der Waals surface area contributed by atoms with E-state index in [9.17, 15) is 14.0 Å². The van der Waals surface area contributed by atoms with Crippen LogP contribution in [0.1, 0.15) is 0 Å². The van der Waals surface area contributed by atoms with Crippen LogP contribution in [0.3, 0.4) is 0 Å². The Morgan fingerprint density at radius 3 is 2.78 bits per heavy atom. The second-order valence-electron chi connectivity index (χ2n) is 3.73. The van der Waals surface area contributed by atoms with Gasteiger partial charge >= 0.3 is 0 Å². The van der Waals surface area contributed by atoms with E-state index in [1.807, 2.05) is 0 Å². The van der Waals surface area contributed by atoms with Gasteiger partial charge in [-0.25, -0.2) is 4.39 Å². The van der Waals surface area contributed by atoms with Crippen molar-refractivity contribution >= 4 is 11.6 Å². The Hall–Kier alpha value is -2.43. The third kappa shape index (κ3) is 3.04. The van der Waals surface area contributed by atoms with Crippen LogP contribution in [0.5, 0.6) is 0 Å². The highest BCUT2D eigenvalue weighted by molar-refractivity contribution is 5.90. The van der Waals surface area contributed by atoms with Gasteiger partial charge < -0.3 is 9.88 Å². The van der Waals surface area contributed by atoms with Crippen LogP contribution in [-0.4, -0.2) is 10.5 Å². The molecule has 2 aromatic rings. The predicted octanol–water partition coefficient (Wildman–Crippen LogP) is 1.63. The molecule has 0 saturated heterocycles. The van der Waals surface area contributed by atoms with Crippen LogP contribution < -0.4 is 10.9 Å². The Labute approximate surface area is 103 Å². The monoisotopic (exact) mass is 246 g/mol. The number of nitrogens with zero attached hydrogens (tertiary/aromatic N) is 1. The molecule has 0 fully saturated rings. The first-order valence-electron chi connectivity index (χ1n) is 5.36. The second-order valence-corrected chi connectivity index (χ2v) is 3.73. The molecule has 1 amide bonds. The average molecular weight is 246 g/mol. The van der Waals surface area contributed by atoms with Crippen molar-refractivity contribution in [3.8, 4) is 0 Å². The number of amides is 1. The van der Waals surface area contributed by atoms with Gasteiger partial charge in [-0.15, -0.1) is 0 Å². The van der Waals surface area contributed by atoms with Gasteiger partial charge in [0.05, 0.1) is 0 Å². The molecule has 0 saturated carbocycles. The molecule has 1 aromatic heterocycles. The third-order valence-corrected chi connectivity index (χ3v) is 2.32. The van der Waals surface area contributed by atoms with Gasteiger partial charge in [-0.2, -0.15) is 0 Å². The van der Waals surface area contributed by atoms with Gasteiger partial charge in [0.1, 0.15) is 12.4 Å². The van der Waals surface area contributed by atoms with E-state index in [1.165, 1.54) is 35.0 Å². The number of anilines is 1. The zero-order valence-electron chi connectivity index (χ0n) is 9.47. The van der Waals surface area contributed by atoms with E-state index in [-0.39, 0.29) is 18.0 Å². The van der Waals surface area contributed by atoms with Gasteiger partial charge in [-0.05, 0) is 24.3 Å². The fourth-order valence-electron chi connectivity index (χ4n) is 1.51. The summed E-state index contributed by atoms with van der Waals surface area (Å²) >= 11 is 0. The van der Waals surface area contributed by atoms with Gasteiger partial charge in [0.25, 0.3) is 5.56 Å². The van der Waals surface area contributed by atoms with Crippen molar-refractivity contribution in [2.24, 2.45) is 0 Å². The molecular formula is C13H11FN2O2. The first-order chi connectivity index (χ1) is 8.65. The molecular weight excluding hydrogens is 235 g/mol. The zero-order valence-corrected chi connectivity index (χ0v) is 9.47. The van der Waals surface area contributed by atoms with Crippen molar-refractivity contribution in [2.45, 2.75) is 6.54 Å². The number of rotatable bonds is 3. The van der Waals surface area contributed by atoms with Gasteiger partial charge in [0, 0.05) is 18.0 Å². The number of aromatic nitrogens is 1. The van der Waals surface area contributed by atoms with Crippen LogP contribution in [-0.2, 0) is 11.3 Å². The van der Waals surface area contributed by atoms with E-state index >= 15 is 0 Å². The number of pyridine rings is 1. The molecule has 0 aliphatic carbocycles. The van der Waals surface area contributed by atoms with E-state index in [1.54, 1.807) is 18.2 Å². The molecule has 0 bridgehead atoms. The molecule has 2 rings (SSSR count). The standard InChI is InChI=1S/C13H11FN2O2/c14-10-4-3-5-11(8-10)15-12(17)9-16-7-2-1-6-13(16)18/h1-8H,9H2,(H,15,17). The summed E-state index contributed by atoms with van der Waals surface area (Å²) in [6.07, 6.45) is 1.52. The van der Waals surface area contributed by atoms with E-state index in [0.29, 0.717) is 5.69 Å². The van der Waals surface area contributed by atoms with Crippen molar-refractivity contribution < 1.29 is 9.18 Å². The van der Waals surface area contributed by atoms with Gasteiger partial charge in [-0.3, -0.25) is 9.59 Å². The molecule has 0 atom stereocenters. The van der Waals surface area contributed by atoms with E-state index in [0.717, 1.165) is 0 Å². The van der Waals surface area contributed by atoms with Gasteiger partial charge in [0.15, 0.2) is 0 Å². The molecule has 0 unspecified atom stereocenters. The first kappa shape index (κ1) is 12.0. The smallest absolute Gasteiger partial charge is 0.250 e. The number of halogens is 1. The molecule has 18 heavy (non-hydrogen) atoms. The highest BCUT2D eigenvalue weighted by atomic mass is 19.1. The summed E-state index contributed by atoms with van der Waals surface area (Å²) in [6.45, 7) is -0.101. The molecule has 0 spiro atoms. The van der Waals surface area contributed by atoms with Crippen LogP contribution in [0.15, 0.2) is 53.5 Å². The topological polar surface area (TPSA) is 51.1 Å². The SMILES string of the molecule is O=C(Cn1ccccc1=O)Nc1cccc(F)c1. The predicted molar refractivity (Wildman–Crippen MR) is 65.7 cm³/mol. The van der Waals surface area contributed by atoms with Gasteiger partial charge in [0.2, 0.25) is 5.91 Å². The molecule has 0 aliphatic heterocycles. The quantitative estimate of drug-likeness (QED) is 0.894. The van der Waals surface area contributed by atoms with Crippen LogP contribution >= 0.6 is 0 Å². The summed E-state index contributed by atoms with van der Waals surface area (Å²) in [7, 11) is 0. The minimum atomic E-state index is -0.426. The lowest BCUT2D eigenvalue weighted by molar-refractivity contribution is -0.116. The average Bonchev–Trinajstić information content (AvgIpc) is 2.32. The Kier molecular flexibility index (Phi) is 3.52. The molecule has 92 valence electrons. The number of hydrogen-bond acceptors (Lipinski definition) is 2. The van der Waals surface area contributed by atoms with Crippen LogP contribution in [0.25, 0.3) is 0 Å². The van der Waals surface area contributed by atoms with Crippen LogP contribution in [0.2, 0.25) is 0 Å². The van der Waals surface area contributed by atoms with E-state index in [2.05, 4.69) is 5.32 Å². The summed E-state index contributed by atoms with van der Waals surface area (Å²) < 4.78 is 14.2. The molecule has 1 heterocycles. The number of carbonyl (C=O) groups excluding carboxylic acids is 1. The maximum absolute atomic E-state index is 12.9. The second kappa shape index (κ2) is 5.27. The number of hydrogen-bond donors (Lipinski definition) is 1. The number of carbonyl (C=O) groups is 1. The van der Waals surface area contributed by atoms with Gasteiger partial charge in [-0.1, -0.05) is 12.1 Å². The van der Waals surface area contributed by atoms with E-state index in [4.69, 9.17) is 0 Å². The van der Waals surface area contributed by atoms with Crippen molar-refractivity contribution in [1.82, 2.24) is 4.57 Å². The molecule has 0 radical (unpaired) electrons. The summed E-state index contributed by atoms with van der Waals surface area (Å²) in [4.78, 5) is 23.0. The molecule has 4 nitrogen and oxygen atoms in total. The Morgan fingerprint density at radius 2 is 2.06 bits per heavy atom. The molecule has 0 aliphatic rings. The minimum Gasteiger partial charge on any atom is -0.324 e. The lowest BCUT2D eigenvalue weighted by Crippen LogP contribution is -2.26. The zero-order chi connectivity index (χ0) is 13.0. The summed E-state index contributed by atoms with van der Waals surface area (Å²) in [5.74, 6) is -0.807. The maximum Gasteiger partial charge on any atom is 0.250 e. The summed E-state index contributed by atoms with van der Waals surface area (Å²) in [5.41, 5.74) is 0.107. The van der Waals surface area contributed by atoms with Crippen LogP contribution in [0, 0.1) is 5.82 Å². The highest BCUT2D eigenvalue weighted by Crippen LogP contribution is 2.08. The largest absolute Gasteiger partial charge is 0.324 e. The summed E-state index contributed by atoms with van der Waals surface area (Å²) in [6, 6.07) is 10.2. The normalized spacial score (nSPS) is 10.1. The van der Waals surface area contributed by atoms with Crippen molar-refractivity contribution in [2.75, 3.05) is 5.32 Å². The molecule has 1 N–H and O–H groups in total. The van der Waals surface area contributed by atoms with Crippen molar-refractivity contribution in [1.29, 1.82) is 0 Å². The maximum atomic E-state index is 12.9. The van der Waals surface area contributed by atoms with Crippen molar-refractivity contribution in [3.05, 3.63) is 64.8 Å². The summed E-state index contributed by atoms with van der Waals surface area (Å²) in [5, 5.41) is 2.52. The number of nitrogens with one attached hydrogen (secondary N) is 1. The fourth-order valence-corrected chi connectivity index (χ4v) is 1.51. The molecule has 1 aromatic carbocycles. The number of benzene rings is 1. The lowest BCUT2D eigenvalue weighted by atomic mass is 10.3. The first-order valence-corrected chi connectivity index (χ1v) is 5.36. The van der Waals surface area contributed by atoms with Crippen molar-refractivity contribution in [3.63, 3.8) is 0 Å². The lowest BCUT2D eigenvalue weighted by Gasteiger charge is -2.06.